The van der Waals surface area contributed by atoms with E-state index in [0.717, 1.165) is 25.3 Å². The lowest BCUT2D eigenvalue weighted by atomic mass is 10.0. The lowest BCUT2D eigenvalue weighted by Gasteiger charge is -2.21. The summed E-state index contributed by atoms with van der Waals surface area (Å²) < 4.78 is 0. The zero-order chi connectivity index (χ0) is 16.7. The van der Waals surface area contributed by atoms with Crippen molar-refractivity contribution in [3.63, 3.8) is 0 Å². The Morgan fingerprint density at radius 2 is 1.96 bits per heavy atom. The minimum Gasteiger partial charge on any atom is -0.394 e. The Labute approximate surface area is 139 Å². The number of aliphatic hydroxyl groups excluding tert-OH is 1. The van der Waals surface area contributed by atoms with Crippen LogP contribution in [0, 0.1) is 5.92 Å². The third-order valence-electron chi connectivity index (χ3n) is 4.25. The Hall–Kier alpha value is -1.62. The van der Waals surface area contributed by atoms with Crippen LogP contribution in [0.3, 0.4) is 0 Å². The van der Waals surface area contributed by atoms with Gasteiger partial charge in [0.15, 0.2) is 0 Å². The largest absolute Gasteiger partial charge is 0.394 e. The second-order valence-corrected chi connectivity index (χ2v) is 6.79. The van der Waals surface area contributed by atoms with Crippen molar-refractivity contribution in [3.8, 4) is 0 Å². The van der Waals surface area contributed by atoms with Crippen molar-refractivity contribution in [2.45, 2.75) is 52.0 Å². The number of hydrogen-bond donors (Lipinski definition) is 2. The topological polar surface area (TPSA) is 65.5 Å². The summed E-state index contributed by atoms with van der Waals surface area (Å²) in [5.74, 6) is 1.21. The van der Waals surface area contributed by atoms with Gasteiger partial charge in [-0.3, -0.25) is 4.79 Å². The summed E-state index contributed by atoms with van der Waals surface area (Å²) in [7, 11) is 0. The Balaban J connectivity index is 1.96. The maximum absolute atomic E-state index is 12.3. The first-order valence-corrected chi connectivity index (χ1v) is 8.73. The Kier molecular flexibility index (Phi) is 6.84. The summed E-state index contributed by atoms with van der Waals surface area (Å²) in [5.41, 5.74) is 0.547. The van der Waals surface area contributed by atoms with E-state index < -0.39 is 0 Å². The second-order valence-electron chi connectivity index (χ2n) is 6.79. The van der Waals surface area contributed by atoms with Gasteiger partial charge in [0.25, 0.3) is 5.91 Å². The van der Waals surface area contributed by atoms with Crippen molar-refractivity contribution in [3.05, 3.63) is 23.9 Å². The molecule has 1 unspecified atom stereocenters. The van der Waals surface area contributed by atoms with Crippen LogP contribution in [0.15, 0.2) is 18.3 Å². The van der Waals surface area contributed by atoms with E-state index in [-0.39, 0.29) is 18.6 Å². The number of rotatable bonds is 6. The highest BCUT2D eigenvalue weighted by Crippen LogP contribution is 2.17. The molecule has 1 aromatic heterocycles. The molecule has 1 atom stereocenters. The smallest absolute Gasteiger partial charge is 0.253 e. The van der Waals surface area contributed by atoms with E-state index in [1.807, 2.05) is 12.1 Å². The molecule has 0 aromatic carbocycles. The quantitative estimate of drug-likeness (QED) is 0.846. The highest BCUT2D eigenvalue weighted by molar-refractivity contribution is 5.94. The molecule has 2 N–H and O–H groups in total. The number of anilines is 1. The molecular formula is C18H29N3O2. The number of aromatic nitrogens is 1. The van der Waals surface area contributed by atoms with Gasteiger partial charge in [-0.1, -0.05) is 26.7 Å². The zero-order valence-electron chi connectivity index (χ0n) is 14.3. The number of nitrogens with one attached hydrogen (secondary N) is 1. The van der Waals surface area contributed by atoms with Crippen molar-refractivity contribution >= 4 is 11.7 Å². The average Bonchev–Trinajstić information content (AvgIpc) is 2.83. The molecule has 1 amide bonds. The molecule has 2 rings (SSSR count). The first-order valence-electron chi connectivity index (χ1n) is 8.73. The van der Waals surface area contributed by atoms with Crippen molar-refractivity contribution in [2.75, 3.05) is 24.6 Å². The number of amides is 1. The van der Waals surface area contributed by atoms with E-state index in [9.17, 15) is 9.90 Å². The number of aliphatic hydroxyl groups is 1. The van der Waals surface area contributed by atoms with Gasteiger partial charge in [-0.25, -0.2) is 4.98 Å². The fraction of sp³-hybridized carbons (Fsp3) is 0.667. The number of hydrogen-bond acceptors (Lipinski definition) is 4. The molecule has 0 aliphatic carbocycles. The standard InChI is InChI=1S/C18H29N3O2/c1-14(2)11-16(13-22)20-18(23)15-7-8-17(19-12-15)21-9-5-3-4-6-10-21/h7-8,12,14,16,22H,3-6,9-11,13H2,1-2H3,(H,20,23). The van der Waals surface area contributed by atoms with Gasteiger partial charge in [-0.2, -0.15) is 0 Å². The third-order valence-corrected chi connectivity index (χ3v) is 4.25. The van der Waals surface area contributed by atoms with Crippen LogP contribution in [-0.2, 0) is 0 Å². The molecule has 0 radical (unpaired) electrons. The molecule has 23 heavy (non-hydrogen) atoms. The van der Waals surface area contributed by atoms with Crippen molar-refractivity contribution in [2.24, 2.45) is 5.92 Å². The summed E-state index contributed by atoms with van der Waals surface area (Å²) >= 11 is 0. The predicted octanol–water partition coefficient (Wildman–Crippen LogP) is 2.60. The van der Waals surface area contributed by atoms with Gasteiger partial charge in [0, 0.05) is 19.3 Å². The summed E-state index contributed by atoms with van der Waals surface area (Å²) in [5, 5.41) is 12.3. The van der Waals surface area contributed by atoms with E-state index in [2.05, 4.69) is 29.0 Å². The highest BCUT2D eigenvalue weighted by atomic mass is 16.3. The SMILES string of the molecule is CC(C)CC(CO)NC(=O)c1ccc(N2CCCCCC2)nc1. The van der Waals surface area contributed by atoms with Gasteiger partial charge in [-0.05, 0) is 37.3 Å². The first-order chi connectivity index (χ1) is 11.1. The lowest BCUT2D eigenvalue weighted by Crippen LogP contribution is -2.38. The summed E-state index contributed by atoms with van der Waals surface area (Å²) in [6.45, 7) is 6.20. The maximum Gasteiger partial charge on any atom is 0.253 e. The molecule has 1 aromatic rings. The third kappa shape index (κ3) is 5.50. The minimum atomic E-state index is -0.201. The molecule has 0 saturated carbocycles. The fourth-order valence-corrected chi connectivity index (χ4v) is 3.02. The molecule has 5 nitrogen and oxygen atoms in total. The van der Waals surface area contributed by atoms with Crippen molar-refractivity contribution in [1.82, 2.24) is 10.3 Å². The van der Waals surface area contributed by atoms with E-state index in [1.54, 1.807) is 6.20 Å². The molecule has 5 heteroatoms. The van der Waals surface area contributed by atoms with Gasteiger partial charge in [0.2, 0.25) is 0 Å². The van der Waals surface area contributed by atoms with Crippen LogP contribution >= 0.6 is 0 Å². The molecule has 128 valence electrons. The number of carbonyl (C=O) groups is 1. The Morgan fingerprint density at radius 1 is 1.26 bits per heavy atom. The summed E-state index contributed by atoms with van der Waals surface area (Å²) in [4.78, 5) is 19.0. The minimum absolute atomic E-state index is 0.0385. The van der Waals surface area contributed by atoms with Gasteiger partial charge >= 0.3 is 0 Å². The normalized spacial score (nSPS) is 17.0. The number of nitrogens with zero attached hydrogens (tertiary/aromatic N) is 2. The van der Waals surface area contributed by atoms with Crippen LogP contribution in [0.2, 0.25) is 0 Å². The molecule has 1 aliphatic rings. The fourth-order valence-electron chi connectivity index (χ4n) is 3.02. The molecule has 1 aliphatic heterocycles. The second kappa shape index (κ2) is 8.87. The van der Waals surface area contributed by atoms with Crippen LogP contribution in [0.4, 0.5) is 5.82 Å². The van der Waals surface area contributed by atoms with Crippen LogP contribution < -0.4 is 10.2 Å². The first kappa shape index (κ1) is 17.7. The molecule has 1 fully saturated rings. The van der Waals surface area contributed by atoms with Gasteiger partial charge in [0.05, 0.1) is 18.2 Å². The van der Waals surface area contributed by atoms with Gasteiger partial charge in [-0.15, -0.1) is 0 Å². The van der Waals surface area contributed by atoms with E-state index in [0.29, 0.717) is 11.5 Å². The zero-order valence-corrected chi connectivity index (χ0v) is 14.3. The maximum atomic E-state index is 12.3. The average molecular weight is 319 g/mol. The lowest BCUT2D eigenvalue weighted by molar-refractivity contribution is 0.0908. The predicted molar refractivity (Wildman–Crippen MR) is 92.7 cm³/mol. The Bertz CT molecular complexity index is 480. The number of pyridine rings is 1. The molecule has 0 bridgehead atoms. The van der Waals surface area contributed by atoms with E-state index in [1.165, 1.54) is 25.7 Å². The molecule has 1 saturated heterocycles. The van der Waals surface area contributed by atoms with Crippen LogP contribution in [0.1, 0.15) is 56.3 Å². The summed E-state index contributed by atoms with van der Waals surface area (Å²) in [6, 6.07) is 3.55. The van der Waals surface area contributed by atoms with E-state index in [4.69, 9.17) is 0 Å². The van der Waals surface area contributed by atoms with E-state index >= 15 is 0 Å². The highest BCUT2D eigenvalue weighted by Gasteiger charge is 2.16. The van der Waals surface area contributed by atoms with Gasteiger partial charge < -0.3 is 15.3 Å². The van der Waals surface area contributed by atoms with Crippen molar-refractivity contribution in [1.29, 1.82) is 0 Å². The van der Waals surface area contributed by atoms with Crippen LogP contribution in [-0.4, -0.2) is 41.7 Å². The monoisotopic (exact) mass is 319 g/mol. The van der Waals surface area contributed by atoms with Gasteiger partial charge in [0.1, 0.15) is 5.82 Å². The van der Waals surface area contributed by atoms with Crippen molar-refractivity contribution < 1.29 is 9.90 Å². The van der Waals surface area contributed by atoms with Crippen LogP contribution in [0.25, 0.3) is 0 Å². The number of carbonyl (C=O) groups excluding carboxylic acids is 1. The van der Waals surface area contributed by atoms with Crippen LogP contribution in [0.5, 0.6) is 0 Å². The summed E-state index contributed by atoms with van der Waals surface area (Å²) in [6.07, 6.45) is 7.39. The molecular weight excluding hydrogens is 290 g/mol. The molecule has 2 heterocycles. The Morgan fingerprint density at radius 3 is 2.48 bits per heavy atom. The molecule has 0 spiro atoms.